The van der Waals surface area contributed by atoms with Crippen LogP contribution in [0, 0.1) is 0 Å². The van der Waals surface area contributed by atoms with Crippen LogP contribution in [0.15, 0.2) is 18.2 Å². The van der Waals surface area contributed by atoms with Crippen LogP contribution in [0.2, 0.25) is 0 Å². The maximum atomic E-state index is 12.8. The van der Waals surface area contributed by atoms with E-state index in [-0.39, 0.29) is 45.1 Å². The van der Waals surface area contributed by atoms with E-state index < -0.39 is 17.9 Å². The van der Waals surface area contributed by atoms with Crippen molar-refractivity contribution in [2.24, 2.45) is 5.73 Å². The first-order chi connectivity index (χ1) is 15.5. The number of carboxylic acid groups (broad SMARTS) is 1. The molecule has 0 radical (unpaired) electrons. The van der Waals surface area contributed by atoms with Gasteiger partial charge >= 0.3 is 5.97 Å². The van der Waals surface area contributed by atoms with Gasteiger partial charge in [0.15, 0.2) is 0 Å². The van der Waals surface area contributed by atoms with Crippen molar-refractivity contribution in [3.8, 4) is 5.75 Å². The zero-order valence-electron chi connectivity index (χ0n) is 17.9. The fourth-order valence-corrected chi connectivity index (χ4v) is 3.24. The Labute approximate surface area is 186 Å². The summed E-state index contributed by atoms with van der Waals surface area (Å²) in [6, 6.07) is 4.04. The molecule has 0 aromatic heterocycles. The van der Waals surface area contributed by atoms with Gasteiger partial charge in [-0.15, -0.1) is 0 Å². The lowest BCUT2D eigenvalue weighted by Gasteiger charge is -2.24. The largest absolute Gasteiger partial charge is 0.491 e. The lowest BCUT2D eigenvalue weighted by Crippen LogP contribution is -2.45. The van der Waals surface area contributed by atoms with Crippen molar-refractivity contribution in [2.45, 2.75) is 25.4 Å². The minimum Gasteiger partial charge on any atom is -0.491 e. The molecule has 1 aliphatic rings. The minimum atomic E-state index is -1.06. The number of carbonyl (C=O) groups excluding carboxylic acids is 2. The normalized spacial score (nSPS) is 13.8. The average molecular weight is 454 g/mol. The van der Waals surface area contributed by atoms with Gasteiger partial charge in [-0.05, 0) is 18.6 Å². The summed E-state index contributed by atoms with van der Waals surface area (Å²) in [4.78, 5) is 36.7. The SMILES string of the molecule is NC(=O)C(CCC(=O)O)N1Cc2c(OCCOCCOCCOCCO)cccc2C1=O. The molecular weight excluding hydrogens is 424 g/mol. The molecule has 0 saturated carbocycles. The van der Waals surface area contributed by atoms with Crippen LogP contribution in [-0.2, 0) is 30.3 Å². The number of aliphatic hydroxyl groups is 1. The first-order valence-corrected chi connectivity index (χ1v) is 10.4. The van der Waals surface area contributed by atoms with Gasteiger partial charge in [-0.25, -0.2) is 0 Å². The van der Waals surface area contributed by atoms with Crippen LogP contribution in [0.3, 0.4) is 0 Å². The molecule has 1 unspecified atom stereocenters. The smallest absolute Gasteiger partial charge is 0.303 e. The highest BCUT2D eigenvalue weighted by Gasteiger charge is 2.37. The number of carbonyl (C=O) groups is 3. The molecule has 1 aromatic carbocycles. The third-order valence-corrected chi connectivity index (χ3v) is 4.75. The number of fused-ring (bicyclic) bond motifs is 1. The van der Waals surface area contributed by atoms with Crippen molar-refractivity contribution in [2.75, 3.05) is 52.9 Å². The second kappa shape index (κ2) is 13.6. The predicted octanol–water partition coefficient (Wildman–Crippen LogP) is -0.218. The summed E-state index contributed by atoms with van der Waals surface area (Å²) in [6.45, 7) is 2.56. The molecule has 1 heterocycles. The fourth-order valence-electron chi connectivity index (χ4n) is 3.24. The van der Waals surface area contributed by atoms with Crippen LogP contribution in [0.4, 0.5) is 0 Å². The summed E-state index contributed by atoms with van der Waals surface area (Å²) < 4.78 is 21.6. The van der Waals surface area contributed by atoms with Crippen LogP contribution < -0.4 is 10.5 Å². The van der Waals surface area contributed by atoms with Gasteiger partial charge in [0.05, 0.1) is 52.8 Å². The summed E-state index contributed by atoms with van der Waals surface area (Å²) in [7, 11) is 0. The summed E-state index contributed by atoms with van der Waals surface area (Å²) in [6.07, 6.45) is -0.322. The van der Waals surface area contributed by atoms with Gasteiger partial charge < -0.3 is 39.8 Å². The molecule has 4 N–H and O–H groups in total. The quantitative estimate of drug-likeness (QED) is 0.271. The van der Waals surface area contributed by atoms with Gasteiger partial charge in [0.2, 0.25) is 5.91 Å². The number of nitrogens with zero attached hydrogens (tertiary/aromatic N) is 1. The van der Waals surface area contributed by atoms with E-state index in [1.54, 1.807) is 18.2 Å². The number of hydrogen-bond donors (Lipinski definition) is 3. The molecule has 0 fully saturated rings. The van der Waals surface area contributed by atoms with Gasteiger partial charge in [-0.3, -0.25) is 14.4 Å². The lowest BCUT2D eigenvalue weighted by molar-refractivity contribution is -0.137. The fraction of sp³-hybridized carbons (Fsp3) is 0.571. The van der Waals surface area contributed by atoms with E-state index in [0.717, 1.165) is 0 Å². The Hall–Kier alpha value is -2.73. The molecular formula is C21H30N2O9. The summed E-state index contributed by atoms with van der Waals surface area (Å²) >= 11 is 0. The molecule has 1 aromatic rings. The highest BCUT2D eigenvalue weighted by atomic mass is 16.6. The number of amides is 2. The predicted molar refractivity (Wildman–Crippen MR) is 111 cm³/mol. The molecule has 11 heteroatoms. The molecule has 178 valence electrons. The first-order valence-electron chi connectivity index (χ1n) is 10.4. The number of rotatable bonds is 17. The zero-order valence-corrected chi connectivity index (χ0v) is 17.9. The van der Waals surface area contributed by atoms with E-state index in [9.17, 15) is 14.4 Å². The van der Waals surface area contributed by atoms with Crippen molar-refractivity contribution >= 4 is 17.8 Å². The standard InChI is InChI=1S/C21H30N2O9/c22-20(27)17(4-5-19(25)26)23-14-16-15(21(23)28)2-1-3-18(16)32-13-12-31-11-10-30-9-8-29-7-6-24/h1-3,17,24H,4-14H2,(H2,22,27)(H,25,26). The van der Waals surface area contributed by atoms with E-state index in [1.807, 2.05) is 0 Å². The molecule has 2 amide bonds. The van der Waals surface area contributed by atoms with E-state index in [2.05, 4.69) is 0 Å². The molecule has 11 nitrogen and oxygen atoms in total. The Balaban J connectivity index is 1.79. The number of ether oxygens (including phenoxy) is 4. The molecule has 1 aliphatic heterocycles. The number of benzene rings is 1. The topological polar surface area (TPSA) is 158 Å². The second-order valence-corrected chi connectivity index (χ2v) is 6.98. The van der Waals surface area contributed by atoms with Crippen molar-refractivity contribution in [1.82, 2.24) is 4.90 Å². The van der Waals surface area contributed by atoms with Crippen molar-refractivity contribution in [3.63, 3.8) is 0 Å². The zero-order chi connectivity index (χ0) is 23.3. The number of carboxylic acids is 1. The van der Waals surface area contributed by atoms with Crippen molar-refractivity contribution in [3.05, 3.63) is 29.3 Å². The highest BCUT2D eigenvalue weighted by molar-refractivity contribution is 6.01. The van der Waals surface area contributed by atoms with Crippen molar-refractivity contribution < 1.29 is 43.5 Å². The Morgan fingerprint density at radius 2 is 1.66 bits per heavy atom. The third kappa shape index (κ3) is 7.75. The minimum absolute atomic E-state index is 0.0175. The van der Waals surface area contributed by atoms with Gasteiger partial charge in [-0.1, -0.05) is 6.07 Å². The van der Waals surface area contributed by atoms with E-state index in [1.165, 1.54) is 4.90 Å². The number of aliphatic carboxylic acids is 1. The molecule has 0 spiro atoms. The first kappa shape index (κ1) is 25.5. The van der Waals surface area contributed by atoms with Gasteiger partial charge in [0.25, 0.3) is 5.91 Å². The number of nitrogens with two attached hydrogens (primary N) is 1. The Kier molecular flexibility index (Phi) is 10.9. The summed E-state index contributed by atoms with van der Waals surface area (Å²) in [5, 5.41) is 17.5. The van der Waals surface area contributed by atoms with Crippen molar-refractivity contribution in [1.29, 1.82) is 0 Å². The number of primary amides is 1. The molecule has 0 saturated heterocycles. The van der Waals surface area contributed by atoms with E-state index in [4.69, 9.17) is 34.9 Å². The Morgan fingerprint density at radius 3 is 2.25 bits per heavy atom. The summed E-state index contributed by atoms with van der Waals surface area (Å²) in [5.41, 5.74) is 6.45. The van der Waals surface area contributed by atoms with Gasteiger partial charge in [-0.2, -0.15) is 0 Å². The number of aliphatic hydroxyl groups excluding tert-OH is 1. The van der Waals surface area contributed by atoms with Crippen LogP contribution >= 0.6 is 0 Å². The summed E-state index contributed by atoms with van der Waals surface area (Å²) in [5.74, 6) is -1.69. The maximum absolute atomic E-state index is 12.8. The highest BCUT2D eigenvalue weighted by Crippen LogP contribution is 2.32. The van der Waals surface area contributed by atoms with Crippen LogP contribution in [0.5, 0.6) is 5.75 Å². The molecule has 0 bridgehead atoms. The van der Waals surface area contributed by atoms with E-state index >= 15 is 0 Å². The van der Waals surface area contributed by atoms with Gasteiger partial charge in [0.1, 0.15) is 18.4 Å². The van der Waals surface area contributed by atoms with Gasteiger partial charge in [0, 0.05) is 17.5 Å². The van der Waals surface area contributed by atoms with Crippen LogP contribution in [0.1, 0.15) is 28.8 Å². The molecule has 2 rings (SSSR count). The van der Waals surface area contributed by atoms with E-state index in [0.29, 0.717) is 49.9 Å². The number of hydrogen-bond acceptors (Lipinski definition) is 8. The Morgan fingerprint density at radius 1 is 1.03 bits per heavy atom. The van der Waals surface area contributed by atoms with Crippen LogP contribution in [0.25, 0.3) is 0 Å². The third-order valence-electron chi connectivity index (χ3n) is 4.75. The average Bonchev–Trinajstić information content (AvgIpc) is 3.09. The monoisotopic (exact) mass is 454 g/mol. The molecule has 32 heavy (non-hydrogen) atoms. The molecule has 1 atom stereocenters. The Bertz CT molecular complexity index is 772. The van der Waals surface area contributed by atoms with Crippen LogP contribution in [-0.4, -0.2) is 91.8 Å². The second-order valence-electron chi connectivity index (χ2n) is 6.98. The molecule has 0 aliphatic carbocycles. The lowest BCUT2D eigenvalue weighted by atomic mass is 10.1. The maximum Gasteiger partial charge on any atom is 0.303 e.